The van der Waals surface area contributed by atoms with Crippen LogP contribution in [0, 0.1) is 26.1 Å². The lowest BCUT2D eigenvalue weighted by atomic mass is 10.0. The molecule has 1 aliphatic rings. The van der Waals surface area contributed by atoms with Gasteiger partial charge in [-0.15, -0.1) is 0 Å². The number of rotatable bonds is 6. The molecular formula is C19H18N4O7. The van der Waals surface area contributed by atoms with Crippen molar-refractivity contribution in [2.45, 2.75) is 20.0 Å². The number of amides is 2. The Balaban J connectivity index is 1.89. The number of ether oxygens (including phenoxy) is 1. The molecule has 30 heavy (non-hydrogen) atoms. The highest BCUT2D eigenvalue weighted by Crippen LogP contribution is 2.38. The van der Waals surface area contributed by atoms with Crippen molar-refractivity contribution in [3.8, 4) is 5.75 Å². The second-order valence-corrected chi connectivity index (χ2v) is 6.97. The third-order valence-electron chi connectivity index (χ3n) is 4.46. The first-order valence-corrected chi connectivity index (χ1v) is 8.98. The Hall–Kier alpha value is -4.02. The van der Waals surface area contributed by atoms with Gasteiger partial charge in [0.15, 0.2) is 6.10 Å². The van der Waals surface area contributed by atoms with E-state index in [0.29, 0.717) is 0 Å². The molecule has 1 unspecified atom stereocenters. The van der Waals surface area contributed by atoms with Gasteiger partial charge in [-0.25, -0.2) is 0 Å². The van der Waals surface area contributed by atoms with E-state index in [4.69, 9.17) is 4.74 Å². The number of non-ortho nitro benzene ring substituents is 2. The molecule has 1 atom stereocenters. The van der Waals surface area contributed by atoms with Crippen LogP contribution >= 0.6 is 0 Å². The fourth-order valence-electron chi connectivity index (χ4n) is 3.02. The second kappa shape index (κ2) is 8.15. The van der Waals surface area contributed by atoms with E-state index < -0.39 is 34.3 Å². The highest BCUT2D eigenvalue weighted by Gasteiger charge is 2.38. The van der Waals surface area contributed by atoms with Crippen molar-refractivity contribution in [2.75, 3.05) is 16.8 Å². The predicted octanol–water partition coefficient (Wildman–Crippen LogP) is 2.89. The molecule has 1 N–H and O–H groups in total. The van der Waals surface area contributed by atoms with Crippen molar-refractivity contribution in [1.82, 2.24) is 0 Å². The standard InChI is InChI=1S/C19H18N4O7/c1-11(2)18-19(25)21(15-9-14(23(28)29)6-7-16(15)30-18)10-17(24)20-12-4-3-5-13(8-12)22(26)27/h3-9,11,18H,10H2,1-2H3,(H,20,24). The zero-order valence-corrected chi connectivity index (χ0v) is 16.1. The number of hydrogen-bond donors (Lipinski definition) is 1. The Bertz CT molecular complexity index is 1040. The Morgan fingerprint density at radius 2 is 1.80 bits per heavy atom. The average Bonchev–Trinajstić information content (AvgIpc) is 2.69. The van der Waals surface area contributed by atoms with Crippen LogP contribution in [0.1, 0.15) is 13.8 Å². The normalized spacial score (nSPS) is 15.4. The molecule has 2 aromatic carbocycles. The van der Waals surface area contributed by atoms with Crippen molar-refractivity contribution in [1.29, 1.82) is 0 Å². The van der Waals surface area contributed by atoms with Crippen molar-refractivity contribution < 1.29 is 24.2 Å². The van der Waals surface area contributed by atoms with Gasteiger partial charge < -0.3 is 10.1 Å². The van der Waals surface area contributed by atoms with Gasteiger partial charge in [0.1, 0.15) is 12.3 Å². The Morgan fingerprint density at radius 1 is 1.13 bits per heavy atom. The maximum atomic E-state index is 12.9. The third kappa shape index (κ3) is 4.19. The minimum absolute atomic E-state index is 0.111. The number of fused-ring (bicyclic) bond motifs is 1. The summed E-state index contributed by atoms with van der Waals surface area (Å²) < 4.78 is 5.69. The van der Waals surface area contributed by atoms with Gasteiger partial charge in [0.2, 0.25) is 5.91 Å². The average molecular weight is 414 g/mol. The molecule has 3 rings (SSSR count). The van der Waals surface area contributed by atoms with E-state index in [0.717, 1.165) is 4.90 Å². The summed E-state index contributed by atoms with van der Waals surface area (Å²) in [6.07, 6.45) is -0.857. The van der Waals surface area contributed by atoms with Gasteiger partial charge in [-0.2, -0.15) is 0 Å². The summed E-state index contributed by atoms with van der Waals surface area (Å²) in [5.41, 5.74) is -0.150. The highest BCUT2D eigenvalue weighted by molar-refractivity contribution is 6.06. The fraction of sp³-hybridized carbons (Fsp3) is 0.263. The number of nitrogens with zero attached hydrogens (tertiary/aromatic N) is 3. The molecule has 0 spiro atoms. The number of carbonyl (C=O) groups excluding carboxylic acids is 2. The van der Waals surface area contributed by atoms with Crippen LogP contribution in [0.3, 0.4) is 0 Å². The van der Waals surface area contributed by atoms with Crippen LogP contribution in [0.4, 0.5) is 22.7 Å². The molecule has 1 aliphatic heterocycles. The molecule has 0 aliphatic carbocycles. The predicted molar refractivity (Wildman–Crippen MR) is 106 cm³/mol. The van der Waals surface area contributed by atoms with Crippen molar-refractivity contribution in [3.05, 3.63) is 62.7 Å². The monoisotopic (exact) mass is 414 g/mol. The van der Waals surface area contributed by atoms with Crippen LogP contribution in [-0.2, 0) is 9.59 Å². The number of nitro groups is 2. The van der Waals surface area contributed by atoms with Gasteiger partial charge in [0.25, 0.3) is 17.3 Å². The lowest BCUT2D eigenvalue weighted by molar-refractivity contribution is -0.385. The van der Waals surface area contributed by atoms with Crippen LogP contribution in [0.25, 0.3) is 0 Å². The van der Waals surface area contributed by atoms with E-state index in [2.05, 4.69) is 5.32 Å². The summed E-state index contributed by atoms with van der Waals surface area (Å²) in [5, 5.41) is 24.5. The summed E-state index contributed by atoms with van der Waals surface area (Å²) in [5.74, 6) is -1.08. The van der Waals surface area contributed by atoms with Gasteiger partial charge in [-0.1, -0.05) is 19.9 Å². The first-order chi connectivity index (χ1) is 14.2. The van der Waals surface area contributed by atoms with E-state index >= 15 is 0 Å². The fourth-order valence-corrected chi connectivity index (χ4v) is 3.02. The quantitative estimate of drug-likeness (QED) is 0.565. The van der Waals surface area contributed by atoms with Crippen molar-refractivity contribution in [2.24, 2.45) is 5.92 Å². The molecule has 11 nitrogen and oxygen atoms in total. The van der Waals surface area contributed by atoms with Crippen molar-refractivity contribution >= 4 is 34.6 Å². The minimum Gasteiger partial charge on any atom is -0.478 e. The van der Waals surface area contributed by atoms with Gasteiger partial charge in [0.05, 0.1) is 15.5 Å². The van der Waals surface area contributed by atoms with Crippen LogP contribution in [-0.4, -0.2) is 34.3 Å². The summed E-state index contributed by atoms with van der Waals surface area (Å²) >= 11 is 0. The van der Waals surface area contributed by atoms with Gasteiger partial charge in [-0.3, -0.25) is 34.7 Å². The van der Waals surface area contributed by atoms with E-state index in [1.165, 1.54) is 42.5 Å². The van der Waals surface area contributed by atoms with Crippen molar-refractivity contribution in [3.63, 3.8) is 0 Å². The first kappa shape index (κ1) is 20.7. The number of nitro benzene ring substituents is 2. The van der Waals surface area contributed by atoms with E-state index in [9.17, 15) is 29.8 Å². The van der Waals surface area contributed by atoms with Gasteiger partial charge in [-0.05, 0) is 18.1 Å². The highest BCUT2D eigenvalue weighted by atomic mass is 16.6. The Labute approximate surface area is 170 Å². The molecule has 2 amide bonds. The topological polar surface area (TPSA) is 145 Å². The minimum atomic E-state index is -0.857. The molecule has 0 fully saturated rings. The molecule has 0 bridgehead atoms. The first-order valence-electron chi connectivity index (χ1n) is 8.98. The van der Waals surface area contributed by atoms with Crippen LogP contribution < -0.4 is 15.0 Å². The lowest BCUT2D eigenvalue weighted by Crippen LogP contribution is -2.50. The Morgan fingerprint density at radius 3 is 2.43 bits per heavy atom. The number of hydrogen-bond acceptors (Lipinski definition) is 7. The molecule has 0 radical (unpaired) electrons. The molecule has 2 aromatic rings. The summed E-state index contributed by atoms with van der Waals surface area (Å²) in [6, 6.07) is 9.18. The molecule has 0 aromatic heterocycles. The van der Waals surface area contributed by atoms with E-state index in [1.54, 1.807) is 13.8 Å². The lowest BCUT2D eigenvalue weighted by Gasteiger charge is -2.35. The van der Waals surface area contributed by atoms with Crippen LogP contribution in [0.5, 0.6) is 5.75 Å². The van der Waals surface area contributed by atoms with Crippen LogP contribution in [0.15, 0.2) is 42.5 Å². The number of carbonyl (C=O) groups is 2. The van der Waals surface area contributed by atoms with E-state index in [-0.39, 0.29) is 34.4 Å². The van der Waals surface area contributed by atoms with Gasteiger partial charge in [0, 0.05) is 30.0 Å². The molecular weight excluding hydrogens is 396 g/mol. The number of nitrogens with one attached hydrogen (secondary N) is 1. The number of anilines is 2. The SMILES string of the molecule is CC(C)C1Oc2ccc([N+](=O)[O-])cc2N(CC(=O)Nc2cccc([N+](=O)[O-])c2)C1=O. The number of benzene rings is 2. The van der Waals surface area contributed by atoms with Crippen LogP contribution in [0.2, 0.25) is 0 Å². The smallest absolute Gasteiger partial charge is 0.271 e. The maximum Gasteiger partial charge on any atom is 0.271 e. The zero-order valence-electron chi connectivity index (χ0n) is 16.1. The van der Waals surface area contributed by atoms with Gasteiger partial charge >= 0.3 is 0 Å². The third-order valence-corrected chi connectivity index (χ3v) is 4.46. The molecule has 0 saturated heterocycles. The largest absolute Gasteiger partial charge is 0.478 e. The summed E-state index contributed by atoms with van der Waals surface area (Å²) in [7, 11) is 0. The molecule has 11 heteroatoms. The Kier molecular flexibility index (Phi) is 5.63. The molecule has 156 valence electrons. The summed E-state index contributed by atoms with van der Waals surface area (Å²) in [4.78, 5) is 47.4. The van der Waals surface area contributed by atoms with E-state index in [1.807, 2.05) is 0 Å². The molecule has 1 heterocycles. The summed E-state index contributed by atoms with van der Waals surface area (Å²) in [6.45, 7) is 3.11. The molecule has 0 saturated carbocycles. The maximum absolute atomic E-state index is 12.9. The second-order valence-electron chi connectivity index (χ2n) is 6.97. The zero-order chi connectivity index (χ0) is 22.0.